The molecule has 0 radical (unpaired) electrons. The van der Waals surface area contributed by atoms with Gasteiger partial charge in [-0.1, -0.05) is 37.3 Å². The van der Waals surface area contributed by atoms with Crippen LogP contribution in [0.3, 0.4) is 0 Å². The molecule has 9 nitrogen and oxygen atoms in total. The maximum absolute atomic E-state index is 13.6. The molecule has 1 aromatic carbocycles. The molecule has 0 bridgehead atoms. The van der Waals surface area contributed by atoms with Gasteiger partial charge in [-0.3, -0.25) is 4.68 Å². The lowest BCUT2D eigenvalue weighted by molar-refractivity contribution is -0.232. The van der Waals surface area contributed by atoms with E-state index in [9.17, 15) is 8.42 Å². The standard InChI is InChI=1S/C26H33N5O4S/c1-18-22-11-10-21-23(19-16-27-30(4)17-19)31(36(32,33)29(2)3)28-24(21)25(22,20-8-6-5-7-9-20)12-13-26(18)34-14-15-35-26/h5-9,16-18,22H,10-15H2,1-4H3/t18-,22-,25+/m0/s1. The first-order valence-electron chi connectivity index (χ1n) is 12.6. The van der Waals surface area contributed by atoms with Crippen molar-refractivity contribution in [2.75, 3.05) is 27.3 Å². The Hall–Kier alpha value is -2.53. The minimum Gasteiger partial charge on any atom is -0.347 e. The molecule has 0 N–H and O–H groups in total. The van der Waals surface area contributed by atoms with Crippen molar-refractivity contribution in [1.82, 2.24) is 23.3 Å². The van der Waals surface area contributed by atoms with Crippen molar-refractivity contribution in [3.05, 3.63) is 59.5 Å². The van der Waals surface area contributed by atoms with Crippen LogP contribution in [0.2, 0.25) is 0 Å². The van der Waals surface area contributed by atoms with Gasteiger partial charge in [0.15, 0.2) is 5.79 Å². The summed E-state index contributed by atoms with van der Waals surface area (Å²) in [7, 11) is 1.05. The molecule has 1 spiro atoms. The molecule has 3 atom stereocenters. The first-order valence-corrected chi connectivity index (χ1v) is 14.0. The van der Waals surface area contributed by atoms with E-state index >= 15 is 0 Å². The third-order valence-corrected chi connectivity index (χ3v) is 10.2. The van der Waals surface area contributed by atoms with Crippen LogP contribution < -0.4 is 0 Å². The Morgan fingerprint density at radius 2 is 1.83 bits per heavy atom. The van der Waals surface area contributed by atoms with Crippen LogP contribution in [-0.2, 0) is 38.6 Å². The number of fused-ring (bicyclic) bond motifs is 3. The van der Waals surface area contributed by atoms with Gasteiger partial charge in [0, 0.05) is 56.2 Å². The van der Waals surface area contributed by atoms with Gasteiger partial charge in [-0.15, -0.1) is 4.09 Å². The van der Waals surface area contributed by atoms with Gasteiger partial charge in [-0.2, -0.15) is 22.9 Å². The molecule has 2 aromatic heterocycles. The largest absolute Gasteiger partial charge is 0.347 e. The van der Waals surface area contributed by atoms with Gasteiger partial charge in [0.25, 0.3) is 0 Å². The number of ether oxygens (including phenoxy) is 2. The lowest BCUT2D eigenvalue weighted by atomic mass is 9.52. The molecule has 1 saturated carbocycles. The molecule has 2 aliphatic carbocycles. The zero-order chi connectivity index (χ0) is 25.3. The summed E-state index contributed by atoms with van der Waals surface area (Å²) in [5, 5.41) is 9.32. The fourth-order valence-corrected chi connectivity index (χ4v) is 7.83. The molecular weight excluding hydrogens is 478 g/mol. The minimum absolute atomic E-state index is 0.125. The van der Waals surface area contributed by atoms with Gasteiger partial charge in [0.1, 0.15) is 0 Å². The zero-order valence-electron chi connectivity index (χ0n) is 21.2. The van der Waals surface area contributed by atoms with Crippen LogP contribution in [0.15, 0.2) is 42.7 Å². The van der Waals surface area contributed by atoms with Crippen LogP contribution in [0, 0.1) is 11.8 Å². The van der Waals surface area contributed by atoms with E-state index in [4.69, 9.17) is 14.6 Å². The van der Waals surface area contributed by atoms with Crippen LogP contribution in [0.4, 0.5) is 0 Å². The maximum Gasteiger partial charge on any atom is 0.323 e. The summed E-state index contributed by atoms with van der Waals surface area (Å²) in [6.07, 6.45) is 6.69. The van der Waals surface area contributed by atoms with Crippen molar-refractivity contribution in [2.45, 2.75) is 43.8 Å². The summed E-state index contributed by atoms with van der Waals surface area (Å²) in [5.74, 6) is -0.267. The maximum atomic E-state index is 13.6. The van der Waals surface area contributed by atoms with Crippen LogP contribution in [0.25, 0.3) is 11.3 Å². The number of rotatable bonds is 4. The van der Waals surface area contributed by atoms with Gasteiger partial charge in [-0.05, 0) is 30.7 Å². The molecule has 0 amide bonds. The summed E-state index contributed by atoms with van der Waals surface area (Å²) in [5.41, 5.74) is 3.93. The minimum atomic E-state index is -3.87. The molecule has 1 aliphatic heterocycles. The van der Waals surface area contributed by atoms with E-state index in [0.29, 0.717) is 18.9 Å². The van der Waals surface area contributed by atoms with Crippen molar-refractivity contribution in [2.24, 2.45) is 18.9 Å². The van der Waals surface area contributed by atoms with Crippen LogP contribution in [-0.4, -0.2) is 64.8 Å². The summed E-state index contributed by atoms with van der Waals surface area (Å²) in [6.45, 7) is 3.45. The molecule has 3 aliphatic rings. The van der Waals surface area contributed by atoms with Gasteiger partial charge < -0.3 is 9.47 Å². The van der Waals surface area contributed by atoms with Crippen molar-refractivity contribution in [1.29, 1.82) is 0 Å². The second-order valence-corrected chi connectivity index (χ2v) is 12.5. The van der Waals surface area contributed by atoms with Crippen molar-refractivity contribution < 1.29 is 17.9 Å². The molecule has 3 heterocycles. The summed E-state index contributed by atoms with van der Waals surface area (Å²) in [4.78, 5) is 0. The van der Waals surface area contributed by atoms with E-state index in [1.165, 1.54) is 14.0 Å². The normalized spacial score (nSPS) is 27.4. The van der Waals surface area contributed by atoms with Crippen LogP contribution in [0.1, 0.15) is 43.0 Å². The molecular formula is C26H33N5O4S. The topological polar surface area (TPSA) is 91.5 Å². The second kappa shape index (κ2) is 8.24. The fraction of sp³-hybridized carbons (Fsp3) is 0.538. The molecule has 1 saturated heterocycles. The molecule has 0 unspecified atom stereocenters. The number of benzene rings is 1. The van der Waals surface area contributed by atoms with Crippen molar-refractivity contribution >= 4 is 10.2 Å². The Labute approximate surface area is 212 Å². The predicted octanol–water partition coefficient (Wildman–Crippen LogP) is 2.96. The van der Waals surface area contributed by atoms with Gasteiger partial charge >= 0.3 is 10.2 Å². The lowest BCUT2D eigenvalue weighted by Gasteiger charge is -2.55. The van der Waals surface area contributed by atoms with E-state index in [1.54, 1.807) is 25.0 Å². The van der Waals surface area contributed by atoms with Gasteiger partial charge in [0.2, 0.25) is 0 Å². The number of aryl methyl sites for hydroxylation is 1. The van der Waals surface area contributed by atoms with Crippen LogP contribution in [0.5, 0.6) is 0 Å². The Balaban J connectivity index is 1.63. The predicted molar refractivity (Wildman–Crippen MR) is 134 cm³/mol. The first-order chi connectivity index (χ1) is 17.2. The molecule has 2 fully saturated rings. The molecule has 10 heteroatoms. The molecule has 6 rings (SSSR count). The first kappa shape index (κ1) is 23.8. The highest BCUT2D eigenvalue weighted by molar-refractivity contribution is 7.87. The quantitative estimate of drug-likeness (QED) is 0.535. The lowest BCUT2D eigenvalue weighted by Crippen LogP contribution is -2.56. The Bertz CT molecular complexity index is 1390. The molecule has 192 valence electrons. The highest BCUT2D eigenvalue weighted by atomic mass is 32.2. The monoisotopic (exact) mass is 511 g/mol. The fourth-order valence-electron chi connectivity index (χ4n) is 6.89. The summed E-state index contributed by atoms with van der Waals surface area (Å²) >= 11 is 0. The average molecular weight is 512 g/mol. The Morgan fingerprint density at radius 1 is 1.11 bits per heavy atom. The third kappa shape index (κ3) is 3.21. The second-order valence-electron chi connectivity index (χ2n) is 10.5. The summed E-state index contributed by atoms with van der Waals surface area (Å²) < 4.78 is 43.8. The summed E-state index contributed by atoms with van der Waals surface area (Å²) in [6, 6.07) is 10.5. The van der Waals surface area contributed by atoms with E-state index in [0.717, 1.165) is 42.5 Å². The average Bonchev–Trinajstić information content (AvgIpc) is 3.61. The smallest absolute Gasteiger partial charge is 0.323 e. The van der Waals surface area contributed by atoms with Gasteiger partial charge in [-0.25, -0.2) is 0 Å². The highest BCUT2D eigenvalue weighted by Crippen LogP contribution is 2.60. The molecule has 36 heavy (non-hydrogen) atoms. The number of aromatic nitrogens is 4. The third-order valence-electron chi connectivity index (χ3n) is 8.60. The number of hydrogen-bond acceptors (Lipinski definition) is 6. The van der Waals surface area contributed by atoms with Crippen molar-refractivity contribution in [3.8, 4) is 11.3 Å². The Morgan fingerprint density at radius 3 is 2.47 bits per heavy atom. The highest BCUT2D eigenvalue weighted by Gasteiger charge is 2.61. The zero-order valence-corrected chi connectivity index (χ0v) is 22.0. The van der Waals surface area contributed by atoms with Gasteiger partial charge in [0.05, 0.1) is 30.8 Å². The van der Waals surface area contributed by atoms with Crippen LogP contribution >= 0.6 is 0 Å². The Kier molecular flexibility index (Phi) is 5.46. The van der Waals surface area contributed by atoms with E-state index in [1.807, 2.05) is 19.3 Å². The van der Waals surface area contributed by atoms with E-state index in [2.05, 4.69) is 36.3 Å². The SMILES string of the molecule is C[C@H]1[C@@H]2CCc3c(nn(S(=O)(=O)N(C)C)c3-c3cnn(C)c3)[C@@]2(c2ccccc2)CCC12OCCO2. The number of nitrogens with zero attached hydrogens (tertiary/aromatic N) is 5. The number of hydrogen-bond donors (Lipinski definition) is 0. The van der Waals surface area contributed by atoms with Crippen molar-refractivity contribution in [3.63, 3.8) is 0 Å². The molecule has 3 aromatic rings. The van der Waals surface area contributed by atoms with E-state index < -0.39 is 21.4 Å². The van der Waals surface area contributed by atoms with E-state index in [-0.39, 0.29) is 11.8 Å².